The first-order chi connectivity index (χ1) is 4.72. The third-order valence-corrected chi connectivity index (χ3v) is 1.27. The van der Waals surface area contributed by atoms with Gasteiger partial charge in [0.2, 0.25) is 0 Å². The molecule has 0 rings (SSSR count). The second-order valence-corrected chi connectivity index (χ2v) is 1.98. The highest BCUT2D eigenvalue weighted by atomic mass is 32.1. The Morgan fingerprint density at radius 2 is 2.50 bits per heavy atom. The van der Waals surface area contributed by atoms with Crippen molar-refractivity contribution in [2.45, 2.75) is 6.04 Å². The lowest BCUT2D eigenvalue weighted by Crippen LogP contribution is -2.38. The number of nitrogens with zero attached hydrogens (tertiary/aromatic N) is 1. The highest BCUT2D eigenvalue weighted by Crippen LogP contribution is 1.86. The van der Waals surface area contributed by atoms with Crippen LogP contribution in [0.5, 0.6) is 0 Å². The van der Waals surface area contributed by atoms with Gasteiger partial charge in [-0.05, 0) is 0 Å². The maximum absolute atomic E-state index is 10.2. The summed E-state index contributed by atoms with van der Waals surface area (Å²) in [5, 5.41) is 18.9. The van der Waals surface area contributed by atoms with Crippen LogP contribution in [-0.4, -0.2) is 29.4 Å². The molecular weight excluding hydrogens is 152 g/mol. The molecule has 0 radical (unpaired) electrons. The van der Waals surface area contributed by atoms with Crippen molar-refractivity contribution in [1.82, 2.24) is 5.32 Å². The predicted molar refractivity (Wildman–Crippen MR) is 38.9 cm³/mol. The van der Waals surface area contributed by atoms with E-state index in [-0.39, 0.29) is 12.3 Å². The van der Waals surface area contributed by atoms with Crippen molar-refractivity contribution in [2.75, 3.05) is 12.3 Å². The van der Waals surface area contributed by atoms with Gasteiger partial charge in [-0.2, -0.15) is 17.9 Å². The first kappa shape index (κ1) is 9.27. The summed E-state index contributed by atoms with van der Waals surface area (Å²) in [5.74, 6) is -0.790. The van der Waals surface area contributed by atoms with Crippen LogP contribution in [-0.2, 0) is 4.79 Å². The molecule has 10 heavy (non-hydrogen) atoms. The van der Waals surface area contributed by atoms with Crippen LogP contribution in [0.4, 0.5) is 0 Å². The minimum atomic E-state index is -0.981. The number of nitriles is 1. The first-order valence-electron chi connectivity index (χ1n) is 2.66. The average Bonchev–Trinajstić information content (AvgIpc) is 1.89. The monoisotopic (exact) mass is 160 g/mol. The Labute approximate surface area is 64.3 Å². The van der Waals surface area contributed by atoms with Gasteiger partial charge in [0.05, 0.1) is 12.6 Å². The summed E-state index contributed by atoms with van der Waals surface area (Å²) in [7, 11) is 0. The predicted octanol–water partition coefficient (Wildman–Crippen LogP) is -0.517. The number of carbonyl (C=O) groups is 1. The number of hydrogen-bond donors (Lipinski definition) is 3. The Bertz CT molecular complexity index is 154. The van der Waals surface area contributed by atoms with Gasteiger partial charge in [-0.25, -0.2) is 0 Å². The molecule has 1 atom stereocenters. The highest BCUT2D eigenvalue weighted by molar-refractivity contribution is 7.80. The van der Waals surface area contributed by atoms with Gasteiger partial charge in [0, 0.05) is 5.75 Å². The third kappa shape index (κ3) is 3.33. The van der Waals surface area contributed by atoms with Gasteiger partial charge in [-0.1, -0.05) is 0 Å². The van der Waals surface area contributed by atoms with Crippen LogP contribution in [0.1, 0.15) is 0 Å². The van der Waals surface area contributed by atoms with Crippen LogP contribution in [0.25, 0.3) is 0 Å². The molecular formula is C5H8N2O2S. The zero-order chi connectivity index (χ0) is 7.98. The first-order valence-corrected chi connectivity index (χ1v) is 3.29. The lowest BCUT2D eigenvalue weighted by Gasteiger charge is -2.06. The number of hydrogen-bond acceptors (Lipinski definition) is 4. The summed E-state index contributed by atoms with van der Waals surface area (Å²) in [5.41, 5.74) is 0. The molecule has 0 aliphatic heterocycles. The van der Waals surface area contributed by atoms with Crippen LogP contribution in [0, 0.1) is 11.3 Å². The Balaban J connectivity index is 3.63. The molecule has 0 spiro atoms. The van der Waals surface area contributed by atoms with E-state index >= 15 is 0 Å². The number of carboxylic acid groups (broad SMARTS) is 1. The van der Waals surface area contributed by atoms with Crippen LogP contribution < -0.4 is 5.32 Å². The molecule has 5 heteroatoms. The largest absolute Gasteiger partial charge is 0.480 e. The Morgan fingerprint density at radius 3 is 2.80 bits per heavy atom. The normalized spacial score (nSPS) is 12.0. The summed E-state index contributed by atoms with van der Waals surface area (Å²) in [4.78, 5) is 10.2. The minimum Gasteiger partial charge on any atom is -0.480 e. The molecule has 1 unspecified atom stereocenters. The number of thiol groups is 1. The zero-order valence-electron chi connectivity index (χ0n) is 5.24. The average molecular weight is 160 g/mol. The van der Waals surface area contributed by atoms with Crippen molar-refractivity contribution in [3.8, 4) is 6.07 Å². The maximum Gasteiger partial charge on any atom is 0.321 e. The van der Waals surface area contributed by atoms with Crippen LogP contribution >= 0.6 is 12.6 Å². The zero-order valence-corrected chi connectivity index (χ0v) is 6.14. The maximum atomic E-state index is 10.2. The fraction of sp³-hybridized carbons (Fsp3) is 0.600. The van der Waals surface area contributed by atoms with Gasteiger partial charge in [0.15, 0.2) is 0 Å². The summed E-state index contributed by atoms with van der Waals surface area (Å²) < 4.78 is 0. The van der Waals surface area contributed by atoms with E-state index in [0.717, 1.165) is 0 Å². The fourth-order valence-electron chi connectivity index (χ4n) is 0.399. The Kier molecular flexibility index (Phi) is 4.72. The van der Waals surface area contributed by atoms with Crippen LogP contribution in [0.2, 0.25) is 0 Å². The molecule has 0 fully saturated rings. The van der Waals surface area contributed by atoms with E-state index in [4.69, 9.17) is 10.4 Å². The van der Waals surface area contributed by atoms with Crippen molar-refractivity contribution in [1.29, 1.82) is 5.26 Å². The summed E-state index contributed by atoms with van der Waals surface area (Å²) >= 11 is 3.78. The SMILES string of the molecule is N#CCNC(CS)C(=O)O. The van der Waals surface area contributed by atoms with Gasteiger partial charge < -0.3 is 5.11 Å². The smallest absolute Gasteiger partial charge is 0.321 e. The van der Waals surface area contributed by atoms with Crippen LogP contribution in [0.3, 0.4) is 0 Å². The molecule has 0 aromatic heterocycles. The molecule has 0 aliphatic carbocycles. The summed E-state index contributed by atoms with van der Waals surface area (Å²) in [6, 6.07) is 1.06. The lowest BCUT2D eigenvalue weighted by molar-refractivity contribution is -0.138. The molecule has 0 bridgehead atoms. The molecule has 56 valence electrons. The standard InChI is InChI=1S/C5H8N2O2S/c6-1-2-7-4(3-10)5(8)9/h4,7,10H,2-3H2,(H,8,9). The minimum absolute atomic E-state index is 0.0392. The molecule has 0 aliphatic rings. The van der Waals surface area contributed by atoms with Crippen molar-refractivity contribution in [3.05, 3.63) is 0 Å². The summed E-state index contributed by atoms with van der Waals surface area (Å²) in [6.45, 7) is 0.0392. The second-order valence-electron chi connectivity index (χ2n) is 1.61. The van der Waals surface area contributed by atoms with Gasteiger partial charge >= 0.3 is 5.97 Å². The van der Waals surface area contributed by atoms with E-state index in [1.165, 1.54) is 0 Å². The van der Waals surface area contributed by atoms with Gasteiger partial charge in [-0.15, -0.1) is 0 Å². The van der Waals surface area contributed by atoms with Gasteiger partial charge in [0.25, 0.3) is 0 Å². The number of carboxylic acids is 1. The topological polar surface area (TPSA) is 73.1 Å². The molecule has 0 amide bonds. The van der Waals surface area contributed by atoms with E-state index < -0.39 is 12.0 Å². The lowest BCUT2D eigenvalue weighted by atomic mass is 10.3. The van der Waals surface area contributed by atoms with Crippen molar-refractivity contribution < 1.29 is 9.90 Å². The van der Waals surface area contributed by atoms with E-state index in [9.17, 15) is 4.79 Å². The number of rotatable bonds is 4. The molecule has 2 N–H and O–H groups in total. The molecule has 4 nitrogen and oxygen atoms in total. The Hall–Kier alpha value is -0.730. The molecule has 0 aromatic rings. The van der Waals surface area contributed by atoms with Crippen LogP contribution in [0.15, 0.2) is 0 Å². The van der Waals surface area contributed by atoms with E-state index in [0.29, 0.717) is 0 Å². The number of aliphatic carboxylic acids is 1. The molecule has 0 saturated carbocycles. The van der Waals surface area contributed by atoms with Gasteiger partial charge in [0.1, 0.15) is 6.04 Å². The quantitative estimate of drug-likeness (QED) is 0.382. The number of nitrogens with one attached hydrogen (secondary N) is 1. The molecule has 0 aromatic carbocycles. The molecule has 0 saturated heterocycles. The molecule has 0 heterocycles. The van der Waals surface area contributed by atoms with E-state index in [2.05, 4.69) is 17.9 Å². The van der Waals surface area contributed by atoms with E-state index in [1.54, 1.807) is 6.07 Å². The summed E-state index contributed by atoms with van der Waals surface area (Å²) in [6.07, 6.45) is 0. The van der Waals surface area contributed by atoms with Crippen molar-refractivity contribution in [3.63, 3.8) is 0 Å². The van der Waals surface area contributed by atoms with Crippen molar-refractivity contribution >= 4 is 18.6 Å². The van der Waals surface area contributed by atoms with Crippen molar-refractivity contribution in [2.24, 2.45) is 0 Å². The van der Waals surface area contributed by atoms with E-state index in [1.807, 2.05) is 0 Å². The fourth-order valence-corrected chi connectivity index (χ4v) is 0.684. The highest BCUT2D eigenvalue weighted by Gasteiger charge is 2.12. The second kappa shape index (κ2) is 5.09. The Morgan fingerprint density at radius 1 is 1.90 bits per heavy atom. The third-order valence-electron chi connectivity index (χ3n) is 0.908. The van der Waals surface area contributed by atoms with Gasteiger partial charge in [-0.3, -0.25) is 10.1 Å².